The summed E-state index contributed by atoms with van der Waals surface area (Å²) in [6.07, 6.45) is 2.35. The number of benzene rings is 1. The van der Waals surface area contributed by atoms with Crippen molar-refractivity contribution in [3.05, 3.63) is 28.8 Å². The van der Waals surface area contributed by atoms with E-state index in [9.17, 15) is 0 Å². The van der Waals surface area contributed by atoms with Crippen LogP contribution in [0.3, 0.4) is 0 Å². The van der Waals surface area contributed by atoms with Gasteiger partial charge in [-0.3, -0.25) is 0 Å². The number of nitrogens with zero attached hydrogens (tertiary/aromatic N) is 1. The number of rotatable bonds is 2. The van der Waals surface area contributed by atoms with Crippen LogP contribution in [-0.2, 0) is 0 Å². The minimum Gasteiger partial charge on any atom is -0.371 e. The molecule has 17 heavy (non-hydrogen) atoms. The molecule has 0 radical (unpaired) electrons. The van der Waals surface area contributed by atoms with Crippen LogP contribution in [0.25, 0.3) is 0 Å². The van der Waals surface area contributed by atoms with Crippen LogP contribution in [0.4, 0.5) is 5.69 Å². The van der Waals surface area contributed by atoms with Crippen LogP contribution >= 0.6 is 11.6 Å². The quantitative estimate of drug-likeness (QED) is 0.870. The molecule has 1 aliphatic heterocycles. The van der Waals surface area contributed by atoms with Crippen LogP contribution in [0.2, 0.25) is 5.02 Å². The molecule has 1 saturated heterocycles. The lowest BCUT2D eigenvalue weighted by atomic mass is 9.89. The Morgan fingerprint density at radius 1 is 1.29 bits per heavy atom. The number of aryl methyl sites for hydroxylation is 1. The summed E-state index contributed by atoms with van der Waals surface area (Å²) < 4.78 is 0. The van der Waals surface area contributed by atoms with E-state index in [4.69, 9.17) is 11.6 Å². The van der Waals surface area contributed by atoms with Crippen molar-refractivity contribution in [2.24, 2.45) is 0 Å². The maximum absolute atomic E-state index is 6.18. The van der Waals surface area contributed by atoms with Gasteiger partial charge in [-0.2, -0.15) is 0 Å². The Hall–Kier alpha value is -0.730. The molecule has 0 aliphatic carbocycles. The molecular formula is C14H21ClN2. The van der Waals surface area contributed by atoms with Crippen molar-refractivity contribution >= 4 is 17.3 Å². The van der Waals surface area contributed by atoms with Gasteiger partial charge in [0.05, 0.1) is 0 Å². The average Bonchev–Trinajstić information content (AvgIpc) is 2.34. The van der Waals surface area contributed by atoms with Crippen molar-refractivity contribution in [3.8, 4) is 0 Å². The molecule has 0 bridgehead atoms. The summed E-state index contributed by atoms with van der Waals surface area (Å²) in [6, 6.07) is 6.35. The maximum atomic E-state index is 6.18. The van der Waals surface area contributed by atoms with Crippen LogP contribution in [0.5, 0.6) is 0 Å². The molecule has 1 aliphatic rings. The third kappa shape index (κ3) is 2.75. The van der Waals surface area contributed by atoms with Gasteiger partial charge in [0.15, 0.2) is 0 Å². The van der Waals surface area contributed by atoms with Gasteiger partial charge in [-0.1, -0.05) is 17.7 Å². The van der Waals surface area contributed by atoms with Crippen LogP contribution in [0.15, 0.2) is 18.2 Å². The highest BCUT2D eigenvalue weighted by Crippen LogP contribution is 2.28. The Morgan fingerprint density at radius 3 is 2.47 bits per heavy atom. The first-order valence-electron chi connectivity index (χ1n) is 6.24. The molecule has 2 rings (SSSR count). The Balaban J connectivity index is 2.08. The zero-order chi connectivity index (χ0) is 12.5. The molecule has 0 aromatic heterocycles. The first-order chi connectivity index (χ1) is 8.04. The largest absolute Gasteiger partial charge is 0.371 e. The van der Waals surface area contributed by atoms with E-state index in [1.54, 1.807) is 0 Å². The molecule has 0 atom stereocenters. The van der Waals surface area contributed by atoms with Gasteiger partial charge >= 0.3 is 0 Å². The van der Waals surface area contributed by atoms with Gasteiger partial charge in [-0.25, -0.2) is 0 Å². The van der Waals surface area contributed by atoms with Gasteiger partial charge in [-0.05, 0) is 51.4 Å². The number of nitrogens with one attached hydrogen (secondary N) is 1. The molecule has 2 nitrogen and oxygen atoms in total. The normalized spacial score (nSPS) is 19.4. The van der Waals surface area contributed by atoms with Crippen LogP contribution in [0.1, 0.15) is 25.3 Å². The molecular weight excluding hydrogens is 232 g/mol. The Kier molecular flexibility index (Phi) is 3.64. The van der Waals surface area contributed by atoms with E-state index in [1.807, 2.05) is 6.92 Å². The molecule has 1 fully saturated rings. The smallest absolute Gasteiger partial charge is 0.0455 e. The number of anilines is 1. The summed E-state index contributed by atoms with van der Waals surface area (Å²) in [5.74, 6) is 0. The van der Waals surface area contributed by atoms with Gasteiger partial charge in [0.25, 0.3) is 0 Å². The van der Waals surface area contributed by atoms with Crippen molar-refractivity contribution < 1.29 is 0 Å². The SMILES string of the molecule is CNC1(C)CCN(c2ccc(C)c(Cl)c2)CC1. The van der Waals surface area contributed by atoms with E-state index in [1.165, 1.54) is 18.5 Å². The predicted octanol–water partition coefficient (Wildman–Crippen LogP) is 3.23. The molecule has 1 aromatic rings. The molecule has 0 amide bonds. The lowest BCUT2D eigenvalue weighted by molar-refractivity contribution is 0.305. The van der Waals surface area contributed by atoms with E-state index < -0.39 is 0 Å². The second-order valence-corrected chi connectivity index (χ2v) is 5.64. The summed E-state index contributed by atoms with van der Waals surface area (Å²) in [6.45, 7) is 6.53. The van der Waals surface area contributed by atoms with Gasteiger partial charge < -0.3 is 10.2 Å². The second-order valence-electron chi connectivity index (χ2n) is 5.23. The van der Waals surface area contributed by atoms with Crippen molar-refractivity contribution in [1.82, 2.24) is 5.32 Å². The number of hydrogen-bond acceptors (Lipinski definition) is 2. The van der Waals surface area contributed by atoms with Crippen LogP contribution < -0.4 is 10.2 Å². The molecule has 0 spiro atoms. The highest BCUT2D eigenvalue weighted by Gasteiger charge is 2.28. The highest BCUT2D eigenvalue weighted by molar-refractivity contribution is 6.31. The Morgan fingerprint density at radius 2 is 1.94 bits per heavy atom. The second kappa shape index (κ2) is 4.87. The van der Waals surface area contributed by atoms with Crippen molar-refractivity contribution in [2.45, 2.75) is 32.2 Å². The fourth-order valence-electron chi connectivity index (χ4n) is 2.29. The summed E-state index contributed by atoms with van der Waals surface area (Å²) in [7, 11) is 2.05. The lowest BCUT2D eigenvalue weighted by Crippen LogP contribution is -2.50. The van der Waals surface area contributed by atoms with Crippen molar-refractivity contribution in [1.29, 1.82) is 0 Å². The summed E-state index contributed by atoms with van der Waals surface area (Å²) >= 11 is 6.18. The molecule has 94 valence electrons. The summed E-state index contributed by atoms with van der Waals surface area (Å²) in [5, 5.41) is 4.29. The molecule has 0 saturated carbocycles. The third-order valence-corrected chi connectivity index (χ3v) is 4.40. The van der Waals surface area contributed by atoms with Gasteiger partial charge in [0.2, 0.25) is 0 Å². The van der Waals surface area contributed by atoms with Crippen LogP contribution in [0, 0.1) is 6.92 Å². The van der Waals surface area contributed by atoms with E-state index >= 15 is 0 Å². The fourth-order valence-corrected chi connectivity index (χ4v) is 2.46. The molecule has 1 N–H and O–H groups in total. The number of piperidine rings is 1. The zero-order valence-electron chi connectivity index (χ0n) is 10.9. The van der Waals surface area contributed by atoms with Crippen LogP contribution in [-0.4, -0.2) is 25.7 Å². The molecule has 3 heteroatoms. The van der Waals surface area contributed by atoms with Gasteiger partial charge in [0.1, 0.15) is 0 Å². The highest BCUT2D eigenvalue weighted by atomic mass is 35.5. The maximum Gasteiger partial charge on any atom is 0.0455 e. The van der Waals surface area contributed by atoms with Gasteiger partial charge in [0, 0.05) is 29.3 Å². The first-order valence-corrected chi connectivity index (χ1v) is 6.62. The average molecular weight is 253 g/mol. The lowest BCUT2D eigenvalue weighted by Gasteiger charge is -2.40. The van der Waals surface area contributed by atoms with E-state index in [0.717, 1.165) is 23.7 Å². The van der Waals surface area contributed by atoms with Gasteiger partial charge in [-0.15, -0.1) is 0 Å². The molecule has 1 heterocycles. The minimum absolute atomic E-state index is 0.297. The predicted molar refractivity (Wildman–Crippen MR) is 75.1 cm³/mol. The minimum atomic E-state index is 0.297. The topological polar surface area (TPSA) is 15.3 Å². The Labute approximate surface area is 109 Å². The summed E-state index contributed by atoms with van der Waals surface area (Å²) in [4.78, 5) is 2.42. The molecule has 0 unspecified atom stereocenters. The standard InChI is InChI=1S/C14H21ClN2/c1-11-4-5-12(10-13(11)15)17-8-6-14(2,16-3)7-9-17/h4-5,10,16H,6-9H2,1-3H3. The summed E-state index contributed by atoms with van der Waals surface area (Å²) in [5.41, 5.74) is 2.69. The third-order valence-electron chi connectivity index (χ3n) is 3.99. The monoisotopic (exact) mass is 252 g/mol. The van der Waals surface area contributed by atoms with Crippen molar-refractivity contribution in [3.63, 3.8) is 0 Å². The Bertz CT molecular complexity index is 395. The van der Waals surface area contributed by atoms with E-state index in [2.05, 4.69) is 42.4 Å². The zero-order valence-corrected chi connectivity index (χ0v) is 11.6. The number of halogens is 1. The first kappa shape index (κ1) is 12.7. The molecule has 1 aromatic carbocycles. The fraction of sp³-hybridized carbons (Fsp3) is 0.571. The van der Waals surface area contributed by atoms with E-state index in [-0.39, 0.29) is 0 Å². The van der Waals surface area contributed by atoms with Crippen molar-refractivity contribution in [2.75, 3.05) is 25.0 Å². The van der Waals surface area contributed by atoms with E-state index in [0.29, 0.717) is 5.54 Å². The number of hydrogen-bond donors (Lipinski definition) is 1.